The molecule has 1 aromatic heterocycles. The standard InChI is InChI=1S/C11H21N5/c1-9-13-14-11(10-4-5-12-8-10)16(9)7-6-15(2)3/h10,12H,4-8H2,1-3H3. The molecule has 0 aromatic carbocycles. The van der Waals surface area contributed by atoms with E-state index >= 15 is 0 Å². The van der Waals surface area contributed by atoms with Gasteiger partial charge in [0.25, 0.3) is 0 Å². The third kappa shape index (κ3) is 2.41. The van der Waals surface area contributed by atoms with Crippen LogP contribution in [0.3, 0.4) is 0 Å². The highest BCUT2D eigenvalue weighted by molar-refractivity contribution is 5.04. The number of aromatic nitrogens is 3. The summed E-state index contributed by atoms with van der Waals surface area (Å²) < 4.78 is 2.26. The highest BCUT2D eigenvalue weighted by Gasteiger charge is 2.22. The average molecular weight is 223 g/mol. The van der Waals surface area contributed by atoms with E-state index in [0.717, 1.165) is 37.8 Å². The number of aryl methyl sites for hydroxylation is 1. The topological polar surface area (TPSA) is 46.0 Å². The zero-order valence-electron chi connectivity index (χ0n) is 10.4. The van der Waals surface area contributed by atoms with Gasteiger partial charge in [-0.15, -0.1) is 10.2 Å². The summed E-state index contributed by atoms with van der Waals surface area (Å²) in [7, 11) is 4.19. The van der Waals surface area contributed by atoms with Crippen LogP contribution in [0.2, 0.25) is 0 Å². The van der Waals surface area contributed by atoms with E-state index in [1.165, 1.54) is 6.42 Å². The molecule has 0 aliphatic carbocycles. The Morgan fingerprint density at radius 1 is 1.44 bits per heavy atom. The van der Waals surface area contributed by atoms with Gasteiger partial charge >= 0.3 is 0 Å². The molecule has 2 rings (SSSR count). The number of hydrogen-bond donors (Lipinski definition) is 1. The first-order valence-electron chi connectivity index (χ1n) is 5.93. The summed E-state index contributed by atoms with van der Waals surface area (Å²) in [5.74, 6) is 2.73. The lowest BCUT2D eigenvalue weighted by molar-refractivity contribution is 0.376. The van der Waals surface area contributed by atoms with Gasteiger partial charge in [-0.05, 0) is 34.0 Å². The lowest BCUT2D eigenvalue weighted by Crippen LogP contribution is -2.21. The summed E-state index contributed by atoms with van der Waals surface area (Å²) in [6.07, 6.45) is 1.18. The van der Waals surface area contributed by atoms with Crippen molar-refractivity contribution in [3.05, 3.63) is 11.6 Å². The first-order valence-corrected chi connectivity index (χ1v) is 5.93. The molecule has 1 aliphatic rings. The Morgan fingerprint density at radius 3 is 2.88 bits per heavy atom. The van der Waals surface area contributed by atoms with E-state index < -0.39 is 0 Å². The van der Waals surface area contributed by atoms with E-state index in [2.05, 4.69) is 39.1 Å². The molecule has 0 saturated carbocycles. The molecule has 16 heavy (non-hydrogen) atoms. The molecule has 1 aromatic rings. The van der Waals surface area contributed by atoms with Crippen LogP contribution < -0.4 is 5.32 Å². The van der Waals surface area contributed by atoms with Crippen molar-refractivity contribution in [3.63, 3.8) is 0 Å². The average Bonchev–Trinajstić information content (AvgIpc) is 2.83. The largest absolute Gasteiger partial charge is 0.316 e. The fourth-order valence-electron chi connectivity index (χ4n) is 2.15. The summed E-state index contributed by atoms with van der Waals surface area (Å²) in [4.78, 5) is 2.19. The molecule has 0 spiro atoms. The van der Waals surface area contributed by atoms with Crippen molar-refractivity contribution in [2.24, 2.45) is 0 Å². The molecule has 1 unspecified atom stereocenters. The molecule has 5 nitrogen and oxygen atoms in total. The molecule has 90 valence electrons. The maximum atomic E-state index is 4.33. The van der Waals surface area contributed by atoms with Crippen molar-refractivity contribution in [1.82, 2.24) is 25.0 Å². The highest BCUT2D eigenvalue weighted by Crippen LogP contribution is 2.21. The van der Waals surface area contributed by atoms with E-state index in [1.54, 1.807) is 0 Å². The van der Waals surface area contributed by atoms with Crippen LogP contribution in [0.5, 0.6) is 0 Å². The van der Waals surface area contributed by atoms with Crippen molar-refractivity contribution >= 4 is 0 Å². The lowest BCUT2D eigenvalue weighted by Gasteiger charge is -2.15. The molecule has 1 N–H and O–H groups in total. The van der Waals surface area contributed by atoms with Crippen LogP contribution >= 0.6 is 0 Å². The Labute approximate surface area is 96.8 Å². The molecule has 1 saturated heterocycles. The maximum absolute atomic E-state index is 4.33. The Morgan fingerprint density at radius 2 is 2.25 bits per heavy atom. The van der Waals surface area contributed by atoms with Gasteiger partial charge in [0.2, 0.25) is 0 Å². The van der Waals surface area contributed by atoms with Crippen molar-refractivity contribution in [2.75, 3.05) is 33.7 Å². The van der Waals surface area contributed by atoms with Gasteiger partial charge in [0.05, 0.1) is 0 Å². The van der Waals surface area contributed by atoms with Gasteiger partial charge in [-0.2, -0.15) is 0 Å². The van der Waals surface area contributed by atoms with Crippen LogP contribution in [0.15, 0.2) is 0 Å². The molecular weight excluding hydrogens is 202 g/mol. The van der Waals surface area contributed by atoms with Gasteiger partial charge in [0.1, 0.15) is 11.6 Å². The molecule has 0 radical (unpaired) electrons. The van der Waals surface area contributed by atoms with Crippen molar-refractivity contribution in [2.45, 2.75) is 25.8 Å². The minimum Gasteiger partial charge on any atom is -0.316 e. The van der Waals surface area contributed by atoms with Crippen molar-refractivity contribution in [3.8, 4) is 0 Å². The van der Waals surface area contributed by atoms with Crippen LogP contribution in [-0.2, 0) is 6.54 Å². The third-order valence-corrected chi connectivity index (χ3v) is 3.16. The molecule has 0 bridgehead atoms. The first kappa shape index (κ1) is 11.5. The van der Waals surface area contributed by atoms with Crippen LogP contribution in [0.1, 0.15) is 24.0 Å². The van der Waals surface area contributed by atoms with E-state index in [-0.39, 0.29) is 0 Å². The van der Waals surface area contributed by atoms with Gasteiger partial charge in [-0.3, -0.25) is 0 Å². The quantitative estimate of drug-likeness (QED) is 0.793. The number of rotatable bonds is 4. The van der Waals surface area contributed by atoms with Crippen molar-refractivity contribution < 1.29 is 0 Å². The van der Waals surface area contributed by atoms with Gasteiger partial charge in [0.15, 0.2) is 0 Å². The zero-order chi connectivity index (χ0) is 11.5. The van der Waals surface area contributed by atoms with E-state index in [9.17, 15) is 0 Å². The van der Waals surface area contributed by atoms with Crippen LogP contribution in [0.4, 0.5) is 0 Å². The van der Waals surface area contributed by atoms with Crippen LogP contribution in [0, 0.1) is 6.92 Å². The molecule has 0 amide bonds. The summed E-state index contributed by atoms with van der Waals surface area (Å²) in [5, 5.41) is 11.9. The smallest absolute Gasteiger partial charge is 0.137 e. The summed E-state index contributed by atoms with van der Waals surface area (Å²) >= 11 is 0. The molecule has 1 fully saturated rings. The Bertz CT molecular complexity index is 338. The Kier molecular flexibility index (Phi) is 3.56. The minimum atomic E-state index is 0.545. The second-order valence-electron chi connectivity index (χ2n) is 4.75. The van der Waals surface area contributed by atoms with E-state index in [1.807, 2.05) is 6.92 Å². The number of nitrogens with zero attached hydrogens (tertiary/aromatic N) is 4. The SMILES string of the molecule is Cc1nnc(C2CCNC2)n1CCN(C)C. The van der Waals surface area contributed by atoms with Crippen LogP contribution in [-0.4, -0.2) is 53.4 Å². The second-order valence-corrected chi connectivity index (χ2v) is 4.75. The second kappa shape index (κ2) is 4.93. The number of nitrogens with one attached hydrogen (secondary N) is 1. The predicted molar refractivity (Wildman–Crippen MR) is 63.5 cm³/mol. The maximum Gasteiger partial charge on any atom is 0.137 e. The van der Waals surface area contributed by atoms with E-state index in [0.29, 0.717) is 5.92 Å². The van der Waals surface area contributed by atoms with E-state index in [4.69, 9.17) is 0 Å². The van der Waals surface area contributed by atoms with Gasteiger partial charge in [-0.25, -0.2) is 0 Å². The minimum absolute atomic E-state index is 0.545. The van der Waals surface area contributed by atoms with Crippen LogP contribution in [0.25, 0.3) is 0 Å². The number of hydrogen-bond acceptors (Lipinski definition) is 4. The normalized spacial score (nSPS) is 20.9. The van der Waals surface area contributed by atoms with Gasteiger partial charge in [0, 0.05) is 25.6 Å². The molecule has 1 atom stereocenters. The zero-order valence-corrected chi connectivity index (χ0v) is 10.4. The first-order chi connectivity index (χ1) is 7.68. The van der Waals surface area contributed by atoms with Gasteiger partial charge < -0.3 is 14.8 Å². The molecule has 1 aliphatic heterocycles. The highest BCUT2D eigenvalue weighted by atomic mass is 15.3. The fourth-order valence-corrected chi connectivity index (χ4v) is 2.15. The third-order valence-electron chi connectivity index (χ3n) is 3.16. The fraction of sp³-hybridized carbons (Fsp3) is 0.818. The predicted octanol–water partition coefficient (Wildman–Crippen LogP) is 0.225. The number of likely N-dealkylation sites (N-methyl/N-ethyl adjacent to an activating group) is 1. The summed E-state index contributed by atoms with van der Waals surface area (Å²) in [6.45, 7) is 6.20. The lowest BCUT2D eigenvalue weighted by atomic mass is 10.1. The Hall–Kier alpha value is -0.940. The monoisotopic (exact) mass is 223 g/mol. The Balaban J connectivity index is 2.11. The summed E-state index contributed by atoms with van der Waals surface area (Å²) in [6, 6.07) is 0. The molecular formula is C11H21N5. The van der Waals surface area contributed by atoms with Gasteiger partial charge in [-0.1, -0.05) is 0 Å². The molecule has 2 heterocycles. The van der Waals surface area contributed by atoms with Crippen molar-refractivity contribution in [1.29, 1.82) is 0 Å². The molecule has 5 heteroatoms. The summed E-state index contributed by atoms with van der Waals surface area (Å²) in [5.41, 5.74) is 0.